The van der Waals surface area contributed by atoms with Crippen LogP contribution in [0.1, 0.15) is 24.0 Å². The summed E-state index contributed by atoms with van der Waals surface area (Å²) in [6.07, 6.45) is -0.376. The van der Waals surface area contributed by atoms with Crippen LogP contribution in [0.25, 0.3) is 6.08 Å². The highest BCUT2D eigenvalue weighted by Crippen LogP contribution is 2.29. The third-order valence-corrected chi connectivity index (χ3v) is 4.16. The minimum atomic E-state index is -4.39. The van der Waals surface area contributed by atoms with E-state index in [9.17, 15) is 22.8 Å². The topological polar surface area (TPSA) is 49.4 Å². The van der Waals surface area contributed by atoms with E-state index in [1.165, 1.54) is 24.3 Å². The molecule has 0 unspecified atom stereocenters. The summed E-state index contributed by atoms with van der Waals surface area (Å²) in [6, 6.07) is 11.5. The molecular weight excluding hydrogens is 357 g/mol. The number of hydrogen-bond donors (Lipinski definition) is 1. The number of carbonyl (C=O) groups excluding carboxylic acids is 2. The van der Waals surface area contributed by atoms with Crippen molar-refractivity contribution in [3.63, 3.8) is 0 Å². The molecule has 2 amide bonds. The lowest BCUT2D eigenvalue weighted by atomic mass is 10.1. The van der Waals surface area contributed by atoms with Crippen molar-refractivity contribution in [3.8, 4) is 0 Å². The zero-order valence-electron chi connectivity index (χ0n) is 14.3. The van der Waals surface area contributed by atoms with Crippen LogP contribution >= 0.6 is 0 Å². The highest BCUT2D eigenvalue weighted by atomic mass is 19.4. The number of benzene rings is 2. The first-order valence-corrected chi connectivity index (χ1v) is 8.40. The fourth-order valence-electron chi connectivity index (χ4n) is 2.81. The molecule has 2 aromatic carbocycles. The van der Waals surface area contributed by atoms with Crippen molar-refractivity contribution in [3.05, 3.63) is 65.7 Å². The number of rotatable bonds is 4. The summed E-state index contributed by atoms with van der Waals surface area (Å²) >= 11 is 0. The summed E-state index contributed by atoms with van der Waals surface area (Å²) in [7, 11) is 0. The van der Waals surface area contributed by atoms with Gasteiger partial charge in [0, 0.05) is 30.4 Å². The third kappa shape index (κ3) is 4.75. The monoisotopic (exact) mass is 374 g/mol. The Labute approximate surface area is 154 Å². The maximum Gasteiger partial charge on any atom is 0.416 e. The molecule has 0 spiro atoms. The first-order valence-electron chi connectivity index (χ1n) is 8.40. The van der Waals surface area contributed by atoms with Crippen molar-refractivity contribution in [2.45, 2.75) is 19.0 Å². The van der Waals surface area contributed by atoms with Crippen LogP contribution in [0.15, 0.2) is 54.6 Å². The van der Waals surface area contributed by atoms with Crippen LogP contribution in [0.4, 0.5) is 24.5 Å². The Hall–Kier alpha value is -3.09. The molecule has 7 heteroatoms. The number of amides is 2. The smallest absolute Gasteiger partial charge is 0.322 e. The number of anilines is 2. The van der Waals surface area contributed by atoms with E-state index < -0.39 is 17.6 Å². The van der Waals surface area contributed by atoms with Gasteiger partial charge in [0.25, 0.3) is 0 Å². The summed E-state index contributed by atoms with van der Waals surface area (Å²) in [4.78, 5) is 25.5. The molecule has 1 aliphatic heterocycles. The Morgan fingerprint density at radius 3 is 2.48 bits per heavy atom. The Morgan fingerprint density at radius 2 is 1.85 bits per heavy atom. The number of carbonyl (C=O) groups is 2. The quantitative estimate of drug-likeness (QED) is 0.802. The Morgan fingerprint density at radius 1 is 1.11 bits per heavy atom. The Kier molecular flexibility index (Phi) is 5.30. The van der Waals surface area contributed by atoms with Crippen LogP contribution in [0, 0.1) is 0 Å². The van der Waals surface area contributed by atoms with Gasteiger partial charge in [0.05, 0.1) is 5.56 Å². The molecule has 0 aromatic heterocycles. The lowest BCUT2D eigenvalue weighted by Crippen LogP contribution is -2.23. The average Bonchev–Trinajstić information content (AvgIpc) is 3.06. The molecule has 3 rings (SSSR count). The lowest BCUT2D eigenvalue weighted by Gasteiger charge is -2.16. The van der Waals surface area contributed by atoms with Gasteiger partial charge in [-0.25, -0.2) is 0 Å². The van der Waals surface area contributed by atoms with Crippen molar-refractivity contribution in [2.75, 3.05) is 16.8 Å². The molecule has 0 atom stereocenters. The van der Waals surface area contributed by atoms with E-state index in [4.69, 9.17) is 0 Å². The highest BCUT2D eigenvalue weighted by Gasteiger charge is 2.29. The average molecular weight is 374 g/mol. The second-order valence-electron chi connectivity index (χ2n) is 6.14. The Balaban J connectivity index is 1.64. The predicted octanol–water partition coefficient (Wildman–Crippen LogP) is 4.48. The van der Waals surface area contributed by atoms with Crippen molar-refractivity contribution in [2.24, 2.45) is 0 Å². The molecule has 4 nitrogen and oxygen atoms in total. The summed E-state index contributed by atoms with van der Waals surface area (Å²) in [5, 5.41) is 2.68. The second kappa shape index (κ2) is 7.65. The van der Waals surface area contributed by atoms with Crippen LogP contribution in [-0.4, -0.2) is 18.4 Å². The van der Waals surface area contributed by atoms with E-state index in [0.717, 1.165) is 24.2 Å². The van der Waals surface area contributed by atoms with Gasteiger partial charge in [-0.2, -0.15) is 13.2 Å². The lowest BCUT2D eigenvalue weighted by molar-refractivity contribution is -0.137. The highest BCUT2D eigenvalue weighted by molar-refractivity contribution is 6.02. The molecule has 27 heavy (non-hydrogen) atoms. The van der Waals surface area contributed by atoms with Gasteiger partial charge >= 0.3 is 6.18 Å². The van der Waals surface area contributed by atoms with Gasteiger partial charge in [-0.1, -0.05) is 18.2 Å². The minimum absolute atomic E-state index is 0.0562. The maximum absolute atomic E-state index is 12.5. The first kappa shape index (κ1) is 18.7. The molecule has 140 valence electrons. The molecule has 0 saturated carbocycles. The fraction of sp³-hybridized carbons (Fsp3) is 0.200. The van der Waals surface area contributed by atoms with Gasteiger partial charge in [0.2, 0.25) is 11.8 Å². The van der Waals surface area contributed by atoms with Crippen LogP contribution < -0.4 is 10.2 Å². The molecule has 0 radical (unpaired) electrons. The van der Waals surface area contributed by atoms with E-state index in [1.54, 1.807) is 29.2 Å². The van der Waals surface area contributed by atoms with Gasteiger partial charge in [-0.3, -0.25) is 9.59 Å². The van der Waals surface area contributed by atoms with Crippen LogP contribution in [0.5, 0.6) is 0 Å². The van der Waals surface area contributed by atoms with Gasteiger partial charge in [0.15, 0.2) is 0 Å². The number of hydrogen-bond acceptors (Lipinski definition) is 2. The zero-order valence-corrected chi connectivity index (χ0v) is 14.3. The SMILES string of the molecule is O=C(/C=C/c1ccc(C(F)(F)F)cc1)Nc1cccc(N2CCCC2=O)c1. The number of nitrogens with one attached hydrogen (secondary N) is 1. The van der Waals surface area contributed by atoms with Crippen LogP contribution in [0.2, 0.25) is 0 Å². The van der Waals surface area contributed by atoms with Crippen molar-refractivity contribution < 1.29 is 22.8 Å². The van der Waals surface area contributed by atoms with E-state index in [2.05, 4.69) is 5.32 Å². The Bertz CT molecular complexity index is 874. The first-order chi connectivity index (χ1) is 12.8. The van der Waals surface area contributed by atoms with E-state index in [1.807, 2.05) is 0 Å². The predicted molar refractivity (Wildman–Crippen MR) is 97.1 cm³/mol. The molecule has 1 heterocycles. The summed E-state index contributed by atoms with van der Waals surface area (Å²) in [5.41, 5.74) is 1.00. The summed E-state index contributed by atoms with van der Waals surface area (Å²) in [6.45, 7) is 0.657. The molecule has 0 bridgehead atoms. The van der Waals surface area contributed by atoms with Crippen molar-refractivity contribution in [1.82, 2.24) is 0 Å². The molecule has 1 N–H and O–H groups in total. The number of alkyl halides is 3. The van der Waals surface area contributed by atoms with Gasteiger partial charge < -0.3 is 10.2 Å². The van der Waals surface area contributed by atoms with E-state index in [-0.39, 0.29) is 5.91 Å². The number of nitrogens with zero attached hydrogens (tertiary/aromatic N) is 1. The van der Waals surface area contributed by atoms with E-state index >= 15 is 0 Å². The van der Waals surface area contributed by atoms with Crippen LogP contribution in [-0.2, 0) is 15.8 Å². The largest absolute Gasteiger partial charge is 0.416 e. The molecule has 1 saturated heterocycles. The van der Waals surface area contributed by atoms with Crippen molar-refractivity contribution in [1.29, 1.82) is 0 Å². The summed E-state index contributed by atoms with van der Waals surface area (Å²) < 4.78 is 37.6. The van der Waals surface area contributed by atoms with Gasteiger partial charge in [0.1, 0.15) is 0 Å². The molecule has 1 aliphatic rings. The van der Waals surface area contributed by atoms with Gasteiger partial charge in [-0.05, 0) is 48.4 Å². The molecular formula is C20H17F3N2O2. The van der Waals surface area contributed by atoms with Gasteiger partial charge in [-0.15, -0.1) is 0 Å². The zero-order chi connectivity index (χ0) is 19.4. The fourth-order valence-corrected chi connectivity index (χ4v) is 2.81. The molecule has 2 aromatic rings. The van der Waals surface area contributed by atoms with Crippen molar-refractivity contribution >= 4 is 29.3 Å². The molecule has 0 aliphatic carbocycles. The normalized spacial score (nSPS) is 14.8. The second-order valence-corrected chi connectivity index (χ2v) is 6.14. The minimum Gasteiger partial charge on any atom is -0.322 e. The summed E-state index contributed by atoms with van der Waals surface area (Å²) in [5.74, 6) is -0.361. The van der Waals surface area contributed by atoms with Crippen LogP contribution in [0.3, 0.4) is 0 Å². The third-order valence-electron chi connectivity index (χ3n) is 4.16. The number of halogens is 3. The standard InChI is InChI=1S/C20H17F3N2O2/c21-20(22,23)15-9-6-14(7-10-15)8-11-18(26)24-16-3-1-4-17(13-16)25-12-2-5-19(25)27/h1,3-4,6-11,13H,2,5,12H2,(H,24,26)/b11-8+. The molecule has 1 fully saturated rings. The maximum atomic E-state index is 12.5. The van der Waals surface area contributed by atoms with E-state index in [0.29, 0.717) is 24.2 Å².